The normalized spacial score (nSPS) is 15.3. The van der Waals surface area contributed by atoms with E-state index in [0.717, 1.165) is 12.8 Å². The fourth-order valence-electron chi connectivity index (χ4n) is 11.3. The standard InChI is InChI=1S/C62H92N14O16S.CO2/c1-62(2,61(91)92)46(58(87)66-21-12-5-11-20-63)33-42(32-43(40-93)59(88)70(3)4)57(86)65-22-13-10-17-47(60(89)90)67-50(78)36-76-56-44-15-7-6-14-41(44)34-75(48-18-9-8-16-45(48)55(56)68-69-76)51(79)19-23-64-49(77)35-71-24-26-72(37-52(80)81)28-30-74(39-54(84)85)31-29-73(27-25-71)38-53(82)83;2-1-3/h6-9,14-16,18,42-43,46-47,93H,5,10-13,17,19-40,63H2,1-4H3,(H,64,77)(H,65,86)(H,66,87)(H,67,78)(H,80,81)(H,82,83)(H,84,85)(H,89,90)(H,91,92);. The van der Waals surface area contributed by atoms with E-state index in [1.807, 2.05) is 6.07 Å². The number of carbonyl (C=O) groups excluding carboxylic acids is 8. The van der Waals surface area contributed by atoms with Crippen LogP contribution < -0.4 is 31.9 Å². The molecule has 3 heterocycles. The molecule has 1 fully saturated rings. The Morgan fingerprint density at radius 2 is 1.16 bits per heavy atom. The summed E-state index contributed by atoms with van der Waals surface area (Å²) in [6.45, 7) is 3.79. The van der Waals surface area contributed by atoms with Crippen molar-refractivity contribution in [3.8, 4) is 22.5 Å². The molecule has 4 unspecified atom stereocenters. The first-order valence-electron chi connectivity index (χ1n) is 31.7. The van der Waals surface area contributed by atoms with Crippen molar-refractivity contribution in [3.63, 3.8) is 0 Å². The van der Waals surface area contributed by atoms with Crippen molar-refractivity contribution in [2.75, 3.05) is 129 Å². The molecule has 32 nitrogen and oxygen atoms in total. The van der Waals surface area contributed by atoms with Crippen LogP contribution in [0.4, 0.5) is 5.69 Å². The first-order valence-corrected chi connectivity index (χ1v) is 32.3. The third-order valence-corrected chi connectivity index (χ3v) is 17.1. The van der Waals surface area contributed by atoms with Crippen LogP contribution in [0.5, 0.6) is 0 Å². The number of aliphatic carboxylic acids is 5. The summed E-state index contributed by atoms with van der Waals surface area (Å²) in [5.74, 6) is -11.5. The van der Waals surface area contributed by atoms with Crippen molar-refractivity contribution in [3.05, 3.63) is 54.1 Å². The fraction of sp³-hybridized carbons (Fsp3) is 0.587. The number of para-hydroxylation sites is 1. The molecule has 33 heteroatoms. The van der Waals surface area contributed by atoms with Gasteiger partial charge in [-0.15, -0.1) is 5.10 Å². The summed E-state index contributed by atoms with van der Waals surface area (Å²) in [4.78, 5) is 169. The van der Waals surface area contributed by atoms with E-state index >= 15 is 0 Å². The van der Waals surface area contributed by atoms with Crippen LogP contribution in [0.2, 0.25) is 0 Å². The molecule has 0 radical (unpaired) electrons. The number of aromatic nitrogens is 3. The molecule has 0 bridgehead atoms. The number of anilines is 1. The Hall–Kier alpha value is -8.72. The Kier molecular flexibility index (Phi) is 33.7. The molecule has 4 atom stereocenters. The summed E-state index contributed by atoms with van der Waals surface area (Å²) in [5.41, 5.74) is 6.95. The van der Waals surface area contributed by atoms with Crippen molar-refractivity contribution < 1.29 is 87.9 Å². The summed E-state index contributed by atoms with van der Waals surface area (Å²) in [7, 11) is 3.13. The molecular formula is C63H92N14O18S. The number of nitrogens with two attached hydrogens (primary N) is 1. The second-order valence-corrected chi connectivity index (χ2v) is 24.7. The SMILES string of the molecule is CN(C)C(=O)C(CS)CC(CC(C(=O)NCCCCCN)C(C)(C)C(=O)O)C(=O)NCCCCC(NC(=O)Cn1nnc2c1-c1ccccc1CN(C(=O)CCNC(=O)CN1CCN(CC(=O)O)CCN(CC(=O)O)CCN(CC(=O)O)CC1)c1ccccc1-2)C(=O)O.O=C=O. The van der Waals surface area contributed by atoms with Crippen LogP contribution in [-0.4, -0.2) is 267 Å². The number of unbranched alkanes of at least 4 members (excludes halogenated alkanes) is 3. The van der Waals surface area contributed by atoms with Gasteiger partial charge in [-0.2, -0.15) is 22.2 Å². The van der Waals surface area contributed by atoms with Crippen molar-refractivity contribution in [2.45, 2.75) is 90.8 Å². The smallest absolute Gasteiger partial charge is 0.373 e. The van der Waals surface area contributed by atoms with E-state index in [1.165, 1.54) is 23.4 Å². The molecule has 3 aromatic rings. The Morgan fingerprint density at radius 3 is 1.68 bits per heavy atom. The van der Waals surface area contributed by atoms with E-state index in [0.29, 0.717) is 46.7 Å². The molecule has 5 rings (SSSR count). The van der Waals surface area contributed by atoms with Crippen molar-refractivity contribution in [1.82, 2.24) is 60.8 Å². The van der Waals surface area contributed by atoms with Crippen molar-refractivity contribution in [2.24, 2.45) is 28.9 Å². The molecular weight excluding hydrogens is 1270 g/mol. The highest BCUT2D eigenvalue weighted by atomic mass is 32.1. The van der Waals surface area contributed by atoms with Gasteiger partial charge in [-0.3, -0.25) is 67.5 Å². The van der Waals surface area contributed by atoms with E-state index in [1.54, 1.807) is 81.1 Å². The lowest BCUT2D eigenvalue weighted by Crippen LogP contribution is -2.50. The summed E-state index contributed by atoms with van der Waals surface area (Å²) in [6.07, 6.45) is 2.44. The molecule has 0 spiro atoms. The second kappa shape index (κ2) is 40.6. The molecule has 528 valence electrons. The van der Waals surface area contributed by atoms with Crippen LogP contribution in [-0.2, 0) is 75.4 Å². The number of thiol groups is 1. The van der Waals surface area contributed by atoms with Crippen LogP contribution in [0.1, 0.15) is 77.2 Å². The zero-order valence-electron chi connectivity index (χ0n) is 54.8. The summed E-state index contributed by atoms with van der Waals surface area (Å²) in [6, 6.07) is 12.8. The highest BCUT2D eigenvalue weighted by molar-refractivity contribution is 7.80. The Balaban J connectivity index is 0.00000641. The van der Waals surface area contributed by atoms with Crippen LogP contribution in [0.15, 0.2) is 48.5 Å². The van der Waals surface area contributed by atoms with Gasteiger partial charge in [0.15, 0.2) is 0 Å². The van der Waals surface area contributed by atoms with Gasteiger partial charge in [0.25, 0.3) is 0 Å². The minimum Gasteiger partial charge on any atom is -0.481 e. The lowest BCUT2D eigenvalue weighted by molar-refractivity contribution is -0.192. The molecule has 1 saturated heterocycles. The Morgan fingerprint density at radius 1 is 0.635 bits per heavy atom. The number of rotatable bonds is 35. The van der Waals surface area contributed by atoms with E-state index in [2.05, 4.69) is 44.2 Å². The Bertz CT molecular complexity index is 3150. The monoisotopic (exact) mass is 1360 g/mol. The molecule has 96 heavy (non-hydrogen) atoms. The minimum absolute atomic E-state index is 0.0300. The largest absolute Gasteiger partial charge is 0.481 e. The maximum absolute atomic E-state index is 14.4. The first-order chi connectivity index (χ1) is 45.6. The van der Waals surface area contributed by atoms with E-state index < -0.39 is 89.2 Å². The molecule has 1 aromatic heterocycles. The van der Waals surface area contributed by atoms with Gasteiger partial charge in [0, 0.05) is 121 Å². The van der Waals surface area contributed by atoms with Gasteiger partial charge < -0.3 is 62.3 Å². The van der Waals surface area contributed by atoms with Crippen LogP contribution >= 0.6 is 12.6 Å². The quantitative estimate of drug-likeness (QED) is 0.0266. The van der Waals surface area contributed by atoms with Gasteiger partial charge in [0.1, 0.15) is 18.3 Å². The molecule has 11 N–H and O–H groups in total. The molecule has 0 saturated carbocycles. The van der Waals surface area contributed by atoms with Gasteiger partial charge in [0.2, 0.25) is 35.4 Å². The van der Waals surface area contributed by atoms with E-state index in [4.69, 9.17) is 15.3 Å². The predicted molar refractivity (Wildman–Crippen MR) is 349 cm³/mol. The van der Waals surface area contributed by atoms with Crippen LogP contribution in [0.3, 0.4) is 0 Å². The first kappa shape index (κ1) is 79.7. The van der Waals surface area contributed by atoms with Gasteiger partial charge in [-0.25, -0.2) is 9.48 Å². The maximum Gasteiger partial charge on any atom is 0.373 e. The van der Waals surface area contributed by atoms with Crippen molar-refractivity contribution >= 4 is 89.8 Å². The van der Waals surface area contributed by atoms with Crippen LogP contribution in [0, 0.1) is 23.2 Å². The lowest BCUT2D eigenvalue weighted by atomic mass is 9.72. The fourth-order valence-corrected chi connectivity index (χ4v) is 11.6. The number of hydrogen-bond donors (Lipinski definition) is 11. The topological polar surface area (TPSA) is 447 Å². The van der Waals surface area contributed by atoms with Gasteiger partial charge >= 0.3 is 36.0 Å². The predicted octanol–water partition coefficient (Wildman–Crippen LogP) is -0.284. The molecule has 6 amide bonds. The highest BCUT2D eigenvalue weighted by Crippen LogP contribution is 2.41. The van der Waals surface area contributed by atoms with Gasteiger partial charge in [0.05, 0.1) is 55.4 Å². The van der Waals surface area contributed by atoms with Crippen LogP contribution in [0.25, 0.3) is 22.5 Å². The number of hydrogen-bond acceptors (Lipinski definition) is 21. The summed E-state index contributed by atoms with van der Waals surface area (Å²) < 4.78 is 1.36. The number of fused-ring (bicyclic) bond motifs is 5. The number of nitrogens with one attached hydrogen (secondary N) is 4. The number of carboxylic acid groups (broad SMARTS) is 5. The number of amides is 6. The number of carbonyl (C=O) groups is 11. The number of nitrogens with zero attached hydrogens (tertiary/aromatic N) is 9. The second-order valence-electron chi connectivity index (χ2n) is 24.3. The van der Waals surface area contributed by atoms with E-state index in [-0.39, 0.29) is 167 Å². The average Bonchev–Trinajstić information content (AvgIpc) is 1.49. The minimum atomic E-state index is -1.60. The number of benzene rings is 2. The highest BCUT2D eigenvalue weighted by Gasteiger charge is 2.44. The third-order valence-electron chi connectivity index (χ3n) is 16.7. The van der Waals surface area contributed by atoms with Gasteiger partial charge in [-0.1, -0.05) is 54.1 Å². The molecule has 2 aromatic carbocycles. The third kappa shape index (κ3) is 25.8. The molecule has 2 aliphatic rings. The Labute approximate surface area is 562 Å². The molecule has 0 aliphatic carbocycles. The maximum atomic E-state index is 14.4. The zero-order valence-corrected chi connectivity index (χ0v) is 55.7. The summed E-state index contributed by atoms with van der Waals surface area (Å²) in [5, 5.41) is 69.2. The average molecular weight is 1370 g/mol. The summed E-state index contributed by atoms with van der Waals surface area (Å²) >= 11 is 4.39. The van der Waals surface area contributed by atoms with Crippen molar-refractivity contribution in [1.29, 1.82) is 0 Å². The lowest BCUT2D eigenvalue weighted by Gasteiger charge is -2.33. The zero-order chi connectivity index (χ0) is 71.1. The van der Waals surface area contributed by atoms with Gasteiger partial charge in [-0.05, 0) is 77.0 Å². The molecule has 2 aliphatic heterocycles. The van der Waals surface area contributed by atoms with E-state index in [9.17, 15) is 78.3 Å². The number of carboxylic acids is 5.